The second-order valence-corrected chi connectivity index (χ2v) is 5.41. The SMILES string of the molecule is O=C(O)Nc1ccc(-c2ccc(C(O)(C(F)(F)F)C(F)(F)F)cc2F)cc1. The van der Waals surface area contributed by atoms with Gasteiger partial charge >= 0.3 is 18.4 Å². The van der Waals surface area contributed by atoms with Crippen LogP contribution in [0.25, 0.3) is 11.1 Å². The molecule has 0 saturated carbocycles. The zero-order chi connectivity index (χ0) is 20.6. The van der Waals surface area contributed by atoms with Crippen LogP contribution in [0.5, 0.6) is 0 Å². The first-order chi connectivity index (χ1) is 12.3. The van der Waals surface area contributed by atoms with Crippen molar-refractivity contribution in [1.29, 1.82) is 0 Å². The van der Waals surface area contributed by atoms with Gasteiger partial charge in [0.2, 0.25) is 0 Å². The van der Waals surface area contributed by atoms with E-state index in [1.807, 2.05) is 5.32 Å². The summed E-state index contributed by atoms with van der Waals surface area (Å²) >= 11 is 0. The molecule has 0 radical (unpaired) electrons. The van der Waals surface area contributed by atoms with Gasteiger partial charge in [-0.2, -0.15) is 26.3 Å². The van der Waals surface area contributed by atoms with Crippen molar-refractivity contribution in [2.45, 2.75) is 18.0 Å². The predicted octanol–water partition coefficient (Wildman–Crippen LogP) is 4.89. The highest BCUT2D eigenvalue weighted by Crippen LogP contribution is 2.50. The largest absolute Gasteiger partial charge is 0.465 e. The summed E-state index contributed by atoms with van der Waals surface area (Å²) in [5.41, 5.74) is -7.10. The first kappa shape index (κ1) is 20.5. The van der Waals surface area contributed by atoms with Crippen LogP contribution in [-0.2, 0) is 5.60 Å². The lowest BCUT2D eigenvalue weighted by Gasteiger charge is -2.32. The minimum Gasteiger partial charge on any atom is -0.465 e. The summed E-state index contributed by atoms with van der Waals surface area (Å²) in [5, 5.41) is 19.8. The summed E-state index contributed by atoms with van der Waals surface area (Å²) < 4.78 is 91.3. The van der Waals surface area contributed by atoms with Crippen LogP contribution in [0.2, 0.25) is 0 Å². The van der Waals surface area contributed by atoms with Crippen LogP contribution in [0, 0.1) is 5.82 Å². The molecule has 0 heterocycles. The Morgan fingerprint density at radius 2 is 1.41 bits per heavy atom. The molecule has 2 aromatic rings. The third-order valence-corrected chi connectivity index (χ3v) is 3.65. The number of rotatable bonds is 3. The van der Waals surface area contributed by atoms with Crippen LogP contribution >= 0.6 is 0 Å². The Morgan fingerprint density at radius 1 is 0.889 bits per heavy atom. The van der Waals surface area contributed by atoms with E-state index >= 15 is 0 Å². The molecule has 0 saturated heterocycles. The molecular weight excluding hydrogens is 387 g/mol. The molecule has 0 fully saturated rings. The molecule has 0 atom stereocenters. The smallest absolute Gasteiger partial charge is 0.430 e. The van der Waals surface area contributed by atoms with Crippen molar-refractivity contribution in [3.63, 3.8) is 0 Å². The fourth-order valence-corrected chi connectivity index (χ4v) is 2.32. The Bertz CT molecular complexity index is 831. The van der Waals surface area contributed by atoms with Crippen LogP contribution in [0.3, 0.4) is 0 Å². The van der Waals surface area contributed by atoms with Gasteiger partial charge in [0.1, 0.15) is 5.82 Å². The molecule has 0 aromatic heterocycles. The summed E-state index contributed by atoms with van der Waals surface area (Å²) in [4.78, 5) is 10.5. The number of alkyl halides is 6. The molecule has 0 aliphatic carbocycles. The van der Waals surface area contributed by atoms with E-state index in [0.717, 1.165) is 0 Å². The molecular formula is C16H10F7NO3. The van der Waals surface area contributed by atoms with E-state index in [9.17, 15) is 40.6 Å². The fourth-order valence-electron chi connectivity index (χ4n) is 2.32. The Labute approximate surface area is 146 Å². The standard InChI is InChI=1S/C16H10F7NO3/c17-12-7-9(14(27,15(18,19)20)16(21,22)23)3-6-11(12)8-1-4-10(5-2-8)24-13(25)26/h1-7,24,27H,(H,25,26). The average Bonchev–Trinajstić information content (AvgIpc) is 2.52. The van der Waals surface area contributed by atoms with E-state index in [1.165, 1.54) is 24.3 Å². The van der Waals surface area contributed by atoms with Crippen molar-refractivity contribution in [2.75, 3.05) is 5.32 Å². The summed E-state index contributed by atoms with van der Waals surface area (Å²) in [6, 6.07) is 5.80. The van der Waals surface area contributed by atoms with Gasteiger partial charge in [0.25, 0.3) is 5.60 Å². The lowest BCUT2D eigenvalue weighted by molar-refractivity contribution is -0.376. The average molecular weight is 397 g/mol. The minimum atomic E-state index is -6.12. The monoisotopic (exact) mass is 397 g/mol. The Morgan fingerprint density at radius 3 is 1.81 bits per heavy atom. The molecule has 2 aromatic carbocycles. The molecule has 27 heavy (non-hydrogen) atoms. The fraction of sp³-hybridized carbons (Fsp3) is 0.188. The number of benzene rings is 2. The van der Waals surface area contributed by atoms with E-state index in [0.29, 0.717) is 12.1 Å². The number of hydrogen-bond acceptors (Lipinski definition) is 2. The van der Waals surface area contributed by atoms with E-state index in [1.54, 1.807) is 0 Å². The van der Waals surface area contributed by atoms with Crippen LogP contribution in [0.1, 0.15) is 5.56 Å². The summed E-state index contributed by atoms with van der Waals surface area (Å²) in [6.45, 7) is 0. The zero-order valence-electron chi connectivity index (χ0n) is 13.0. The number of nitrogens with one attached hydrogen (secondary N) is 1. The predicted molar refractivity (Wildman–Crippen MR) is 79.5 cm³/mol. The zero-order valence-corrected chi connectivity index (χ0v) is 13.0. The molecule has 0 bridgehead atoms. The molecule has 0 aliphatic heterocycles. The van der Waals surface area contributed by atoms with E-state index in [2.05, 4.69) is 0 Å². The Kier molecular flexibility index (Phi) is 5.10. The van der Waals surface area contributed by atoms with Crippen molar-refractivity contribution in [3.05, 3.63) is 53.8 Å². The summed E-state index contributed by atoms with van der Waals surface area (Å²) in [6.07, 6.45) is -13.6. The van der Waals surface area contributed by atoms with Crippen molar-refractivity contribution in [2.24, 2.45) is 0 Å². The van der Waals surface area contributed by atoms with Crippen LogP contribution in [-0.4, -0.2) is 28.7 Å². The first-order valence-corrected chi connectivity index (χ1v) is 7.03. The van der Waals surface area contributed by atoms with Gasteiger partial charge in [0, 0.05) is 16.8 Å². The molecule has 0 unspecified atom stereocenters. The molecule has 4 nitrogen and oxygen atoms in total. The molecule has 146 valence electrons. The van der Waals surface area contributed by atoms with Crippen LogP contribution in [0.4, 0.5) is 41.2 Å². The van der Waals surface area contributed by atoms with Crippen LogP contribution in [0.15, 0.2) is 42.5 Å². The third kappa shape index (κ3) is 3.82. The number of hydrogen-bond donors (Lipinski definition) is 3. The molecule has 1 amide bonds. The Hall–Kier alpha value is -2.82. The molecule has 3 N–H and O–H groups in total. The highest BCUT2D eigenvalue weighted by atomic mass is 19.4. The van der Waals surface area contributed by atoms with Crippen molar-refractivity contribution in [3.8, 4) is 11.1 Å². The maximum Gasteiger partial charge on any atom is 0.430 e. The second kappa shape index (κ2) is 6.72. The maximum absolute atomic E-state index is 14.2. The highest BCUT2D eigenvalue weighted by Gasteiger charge is 2.71. The maximum atomic E-state index is 14.2. The number of carboxylic acid groups (broad SMARTS) is 1. The molecule has 0 spiro atoms. The Balaban J connectivity index is 2.47. The van der Waals surface area contributed by atoms with Gasteiger partial charge in [-0.15, -0.1) is 0 Å². The molecule has 11 heteroatoms. The second-order valence-electron chi connectivity index (χ2n) is 5.41. The number of aliphatic hydroxyl groups is 1. The minimum absolute atomic E-state index is 0.0419. The van der Waals surface area contributed by atoms with Crippen molar-refractivity contribution >= 4 is 11.8 Å². The quantitative estimate of drug-likeness (QED) is 0.646. The summed E-state index contributed by atoms with van der Waals surface area (Å²) in [5.74, 6) is -1.43. The number of carbonyl (C=O) groups is 1. The normalized spacial score (nSPS) is 12.7. The van der Waals surface area contributed by atoms with E-state index in [4.69, 9.17) is 5.11 Å². The topological polar surface area (TPSA) is 69.6 Å². The highest BCUT2D eigenvalue weighted by molar-refractivity contribution is 5.83. The van der Waals surface area contributed by atoms with E-state index < -0.39 is 35.4 Å². The first-order valence-electron chi connectivity index (χ1n) is 7.03. The van der Waals surface area contributed by atoms with Gasteiger partial charge in [-0.05, 0) is 23.8 Å². The molecule has 0 aliphatic rings. The van der Waals surface area contributed by atoms with Gasteiger partial charge in [-0.1, -0.05) is 24.3 Å². The number of anilines is 1. The number of amides is 1. The van der Waals surface area contributed by atoms with Gasteiger partial charge in [-0.3, -0.25) is 5.32 Å². The van der Waals surface area contributed by atoms with E-state index in [-0.39, 0.29) is 22.9 Å². The third-order valence-electron chi connectivity index (χ3n) is 3.65. The van der Waals surface area contributed by atoms with Crippen LogP contribution < -0.4 is 5.32 Å². The van der Waals surface area contributed by atoms with Gasteiger partial charge in [0.05, 0.1) is 0 Å². The number of halogens is 7. The van der Waals surface area contributed by atoms with Crippen molar-refractivity contribution in [1.82, 2.24) is 0 Å². The van der Waals surface area contributed by atoms with Gasteiger partial charge in [0.15, 0.2) is 0 Å². The van der Waals surface area contributed by atoms with Crippen molar-refractivity contribution < 1.29 is 45.7 Å². The summed E-state index contributed by atoms with van der Waals surface area (Å²) in [7, 11) is 0. The lowest BCUT2D eigenvalue weighted by Crippen LogP contribution is -2.53. The lowest BCUT2D eigenvalue weighted by atomic mass is 9.90. The van der Waals surface area contributed by atoms with Gasteiger partial charge in [-0.25, -0.2) is 9.18 Å². The van der Waals surface area contributed by atoms with Gasteiger partial charge < -0.3 is 10.2 Å². The molecule has 2 rings (SSSR count).